The molecule has 0 aliphatic heterocycles. The summed E-state index contributed by atoms with van der Waals surface area (Å²) < 4.78 is 0. The summed E-state index contributed by atoms with van der Waals surface area (Å²) in [4.78, 5) is 22.9. The summed E-state index contributed by atoms with van der Waals surface area (Å²) in [5.74, 6) is -0.0792. The van der Waals surface area contributed by atoms with E-state index in [1.165, 1.54) is 19.3 Å². The molecule has 1 saturated carbocycles. The second-order valence-corrected chi connectivity index (χ2v) is 5.27. The molecule has 0 aromatic heterocycles. The highest BCUT2D eigenvalue weighted by atomic mass is 16.2. The number of nitrogens with two attached hydrogens (primary N) is 1. The van der Waals surface area contributed by atoms with Crippen molar-refractivity contribution < 1.29 is 9.59 Å². The zero-order valence-electron chi connectivity index (χ0n) is 11.7. The lowest BCUT2D eigenvalue weighted by Crippen LogP contribution is -2.45. The summed E-state index contributed by atoms with van der Waals surface area (Å²) in [6.07, 6.45) is 6.10. The molecule has 5 N–H and O–H groups in total. The van der Waals surface area contributed by atoms with Gasteiger partial charge >= 0.3 is 6.03 Å². The predicted molar refractivity (Wildman–Crippen MR) is 74.7 cm³/mol. The van der Waals surface area contributed by atoms with Gasteiger partial charge in [-0.3, -0.25) is 4.79 Å². The van der Waals surface area contributed by atoms with Gasteiger partial charge in [0.25, 0.3) is 0 Å². The summed E-state index contributed by atoms with van der Waals surface area (Å²) in [5.41, 5.74) is 5.51. The van der Waals surface area contributed by atoms with Crippen LogP contribution < -0.4 is 21.7 Å². The van der Waals surface area contributed by atoms with Crippen LogP contribution in [0.25, 0.3) is 0 Å². The number of hydrogen-bond donors (Lipinski definition) is 4. The predicted octanol–water partition coefficient (Wildman–Crippen LogP) is 0.472. The fourth-order valence-electron chi connectivity index (χ4n) is 2.23. The fourth-order valence-corrected chi connectivity index (χ4v) is 2.23. The largest absolute Gasteiger partial charge is 0.354 e. The Hall–Kier alpha value is -1.30. The van der Waals surface area contributed by atoms with E-state index in [-0.39, 0.29) is 18.0 Å². The van der Waals surface area contributed by atoms with E-state index in [0.29, 0.717) is 25.6 Å². The van der Waals surface area contributed by atoms with Gasteiger partial charge in [-0.15, -0.1) is 0 Å². The number of nitrogens with one attached hydrogen (secondary N) is 3. The van der Waals surface area contributed by atoms with Gasteiger partial charge in [-0.1, -0.05) is 19.3 Å². The van der Waals surface area contributed by atoms with Gasteiger partial charge in [-0.2, -0.15) is 0 Å². The molecule has 1 aliphatic rings. The Morgan fingerprint density at radius 3 is 2.42 bits per heavy atom. The lowest BCUT2D eigenvalue weighted by molar-refractivity contribution is -0.121. The third-order valence-corrected chi connectivity index (χ3v) is 3.18. The molecule has 1 unspecified atom stereocenters. The minimum Gasteiger partial charge on any atom is -0.354 e. The highest BCUT2D eigenvalue weighted by Gasteiger charge is 2.15. The van der Waals surface area contributed by atoms with Crippen LogP contribution in [0.3, 0.4) is 0 Å². The van der Waals surface area contributed by atoms with Crippen LogP contribution >= 0.6 is 0 Å². The van der Waals surface area contributed by atoms with Crippen molar-refractivity contribution in [3.05, 3.63) is 0 Å². The third kappa shape index (κ3) is 7.66. The van der Waals surface area contributed by atoms with E-state index in [2.05, 4.69) is 16.0 Å². The standard InChI is InChI=1S/C13H26N4O2/c1-10(14)9-12(18)15-7-8-16-13(19)17-11-5-3-2-4-6-11/h10-11H,2-9,14H2,1H3,(H,15,18)(H2,16,17,19). The molecule has 1 rings (SSSR count). The van der Waals surface area contributed by atoms with Gasteiger partial charge in [0.2, 0.25) is 5.91 Å². The van der Waals surface area contributed by atoms with Crippen molar-refractivity contribution in [2.24, 2.45) is 5.73 Å². The highest BCUT2D eigenvalue weighted by Crippen LogP contribution is 2.16. The van der Waals surface area contributed by atoms with Crippen molar-refractivity contribution in [1.29, 1.82) is 0 Å². The van der Waals surface area contributed by atoms with E-state index in [9.17, 15) is 9.59 Å². The van der Waals surface area contributed by atoms with Gasteiger partial charge in [0.15, 0.2) is 0 Å². The maximum Gasteiger partial charge on any atom is 0.315 e. The Bertz CT molecular complexity index is 288. The van der Waals surface area contributed by atoms with Crippen molar-refractivity contribution in [2.75, 3.05) is 13.1 Å². The maximum absolute atomic E-state index is 11.6. The second-order valence-electron chi connectivity index (χ2n) is 5.27. The zero-order chi connectivity index (χ0) is 14.1. The van der Waals surface area contributed by atoms with Crippen LogP contribution in [0.5, 0.6) is 0 Å². The van der Waals surface area contributed by atoms with Crippen molar-refractivity contribution >= 4 is 11.9 Å². The average Bonchev–Trinajstić information content (AvgIpc) is 2.35. The fraction of sp³-hybridized carbons (Fsp3) is 0.846. The maximum atomic E-state index is 11.6. The first-order valence-electron chi connectivity index (χ1n) is 7.14. The van der Waals surface area contributed by atoms with E-state index in [0.717, 1.165) is 12.8 Å². The van der Waals surface area contributed by atoms with Crippen LogP contribution in [0.4, 0.5) is 4.79 Å². The molecule has 6 nitrogen and oxygen atoms in total. The number of carbonyl (C=O) groups is 2. The molecule has 0 aromatic carbocycles. The molecule has 1 fully saturated rings. The Labute approximate surface area is 114 Å². The Kier molecular flexibility index (Phi) is 7.25. The van der Waals surface area contributed by atoms with Crippen LogP contribution in [0.2, 0.25) is 0 Å². The lowest BCUT2D eigenvalue weighted by atomic mass is 9.96. The quantitative estimate of drug-likeness (QED) is 0.528. The first kappa shape index (κ1) is 15.8. The van der Waals surface area contributed by atoms with Crippen molar-refractivity contribution in [2.45, 2.75) is 57.5 Å². The molecule has 3 amide bonds. The Morgan fingerprint density at radius 1 is 1.16 bits per heavy atom. The second kappa shape index (κ2) is 8.74. The molecule has 0 heterocycles. The first-order chi connectivity index (χ1) is 9.08. The van der Waals surface area contributed by atoms with Crippen LogP contribution in [0, 0.1) is 0 Å². The molecule has 0 saturated heterocycles. The van der Waals surface area contributed by atoms with Crippen molar-refractivity contribution in [1.82, 2.24) is 16.0 Å². The van der Waals surface area contributed by atoms with E-state index in [1.54, 1.807) is 6.92 Å². The van der Waals surface area contributed by atoms with Gasteiger partial charge in [0, 0.05) is 31.6 Å². The molecule has 6 heteroatoms. The Balaban J connectivity index is 2.02. The van der Waals surface area contributed by atoms with Crippen molar-refractivity contribution in [3.8, 4) is 0 Å². The number of rotatable bonds is 6. The molecular formula is C13H26N4O2. The summed E-state index contributed by atoms with van der Waals surface area (Å²) in [5, 5.41) is 8.41. The van der Waals surface area contributed by atoms with E-state index < -0.39 is 0 Å². The van der Waals surface area contributed by atoms with Gasteiger partial charge < -0.3 is 21.7 Å². The van der Waals surface area contributed by atoms with Crippen molar-refractivity contribution in [3.63, 3.8) is 0 Å². The molecular weight excluding hydrogens is 244 g/mol. The van der Waals surface area contributed by atoms with Gasteiger partial charge in [0.05, 0.1) is 0 Å². The topological polar surface area (TPSA) is 96.2 Å². The molecule has 0 spiro atoms. The van der Waals surface area contributed by atoms with Gasteiger partial charge in [-0.25, -0.2) is 4.79 Å². The Morgan fingerprint density at radius 2 is 1.79 bits per heavy atom. The van der Waals surface area contributed by atoms with E-state index >= 15 is 0 Å². The third-order valence-electron chi connectivity index (χ3n) is 3.18. The number of hydrogen-bond acceptors (Lipinski definition) is 3. The molecule has 0 radical (unpaired) electrons. The van der Waals surface area contributed by atoms with Crippen LogP contribution in [-0.4, -0.2) is 37.1 Å². The molecule has 19 heavy (non-hydrogen) atoms. The van der Waals surface area contributed by atoms with Crippen LogP contribution in [0.1, 0.15) is 45.4 Å². The monoisotopic (exact) mass is 270 g/mol. The highest BCUT2D eigenvalue weighted by molar-refractivity contribution is 5.77. The molecule has 110 valence electrons. The first-order valence-corrected chi connectivity index (χ1v) is 7.14. The SMILES string of the molecule is CC(N)CC(=O)NCCNC(=O)NC1CCCCC1. The van der Waals surface area contributed by atoms with Crippen LogP contribution in [-0.2, 0) is 4.79 Å². The number of urea groups is 1. The summed E-state index contributed by atoms with van der Waals surface area (Å²) in [6.45, 7) is 2.66. The minimum atomic E-state index is -0.145. The number of amides is 3. The zero-order valence-corrected chi connectivity index (χ0v) is 11.7. The number of carbonyl (C=O) groups excluding carboxylic acids is 2. The minimum absolute atomic E-state index is 0.0792. The van der Waals surface area contributed by atoms with Gasteiger partial charge in [-0.05, 0) is 19.8 Å². The lowest BCUT2D eigenvalue weighted by Gasteiger charge is -2.22. The summed E-state index contributed by atoms with van der Waals surface area (Å²) >= 11 is 0. The molecule has 0 bridgehead atoms. The smallest absolute Gasteiger partial charge is 0.315 e. The molecule has 1 atom stereocenters. The van der Waals surface area contributed by atoms with E-state index in [1.807, 2.05) is 0 Å². The normalized spacial score (nSPS) is 17.6. The van der Waals surface area contributed by atoms with E-state index in [4.69, 9.17) is 5.73 Å². The summed E-state index contributed by atoms with van der Waals surface area (Å²) in [6, 6.07) is 0.0253. The van der Waals surface area contributed by atoms with Gasteiger partial charge in [0.1, 0.15) is 0 Å². The summed E-state index contributed by atoms with van der Waals surface area (Å²) in [7, 11) is 0. The molecule has 0 aromatic rings. The van der Waals surface area contributed by atoms with Crippen LogP contribution in [0.15, 0.2) is 0 Å². The molecule has 1 aliphatic carbocycles. The average molecular weight is 270 g/mol.